The average molecular weight is 449 g/mol. The molecule has 1 aromatic heterocycles. The number of benzene rings is 2. The number of rotatable bonds is 7. The Bertz CT molecular complexity index is 1070. The highest BCUT2D eigenvalue weighted by atomic mass is 19.1. The second kappa shape index (κ2) is 10.6. The van der Waals surface area contributed by atoms with E-state index in [1.54, 1.807) is 38.6 Å². The molecule has 0 N–H and O–H groups in total. The Balaban J connectivity index is 1.78. The van der Waals surface area contributed by atoms with E-state index in [-0.39, 0.29) is 17.9 Å². The van der Waals surface area contributed by atoms with Gasteiger partial charge in [-0.1, -0.05) is 37.1 Å². The number of pyridine rings is 1. The molecule has 33 heavy (non-hydrogen) atoms. The maximum absolute atomic E-state index is 15.7. The molecule has 0 saturated carbocycles. The molecule has 0 amide bonds. The lowest BCUT2D eigenvalue weighted by Crippen LogP contribution is -2.38. The first-order valence-electron chi connectivity index (χ1n) is 11.3. The summed E-state index contributed by atoms with van der Waals surface area (Å²) in [4.78, 5) is 18.6. The van der Waals surface area contributed by atoms with Crippen molar-refractivity contribution in [2.45, 2.75) is 44.3 Å². The Kier molecular flexibility index (Phi) is 7.35. The monoisotopic (exact) mass is 448 g/mol. The second-order valence-electron chi connectivity index (χ2n) is 8.25. The number of halogens is 1. The summed E-state index contributed by atoms with van der Waals surface area (Å²) in [6, 6.07) is 16.0. The van der Waals surface area contributed by atoms with Crippen LogP contribution in [0.5, 0.6) is 11.5 Å². The molecule has 172 valence electrons. The fourth-order valence-electron chi connectivity index (χ4n) is 4.76. The molecule has 1 fully saturated rings. The van der Waals surface area contributed by atoms with Crippen LogP contribution in [0.25, 0.3) is 11.3 Å². The van der Waals surface area contributed by atoms with Crippen LogP contribution in [0.2, 0.25) is 0 Å². The number of carbonyl (C=O) groups is 1. The number of methoxy groups -OCH3 is 2. The summed E-state index contributed by atoms with van der Waals surface area (Å²) in [5, 5.41) is 0. The van der Waals surface area contributed by atoms with Crippen LogP contribution in [0.3, 0.4) is 0 Å². The molecule has 1 aliphatic rings. The molecule has 0 aliphatic carbocycles. The highest BCUT2D eigenvalue weighted by molar-refractivity contribution is 5.61. The summed E-state index contributed by atoms with van der Waals surface area (Å²) in [6.45, 7) is 0.293. The van der Waals surface area contributed by atoms with Gasteiger partial charge in [-0.25, -0.2) is 4.39 Å². The third-order valence-corrected chi connectivity index (χ3v) is 6.38. The summed E-state index contributed by atoms with van der Waals surface area (Å²) in [7, 11) is 3.26. The zero-order valence-corrected chi connectivity index (χ0v) is 19.0. The number of likely N-dealkylation sites (tertiary alicyclic amines) is 1. The molecule has 1 saturated heterocycles. The van der Waals surface area contributed by atoms with Crippen LogP contribution in [0.4, 0.5) is 4.39 Å². The Morgan fingerprint density at radius 1 is 1.00 bits per heavy atom. The van der Waals surface area contributed by atoms with Crippen LogP contribution in [0, 0.1) is 5.82 Å². The van der Waals surface area contributed by atoms with Gasteiger partial charge in [0.2, 0.25) is 0 Å². The number of nitrogens with zero attached hydrogens (tertiary/aromatic N) is 2. The minimum absolute atomic E-state index is 0.147. The smallest absolute Gasteiger partial charge is 0.137 e. The summed E-state index contributed by atoms with van der Waals surface area (Å²) < 4.78 is 27.0. The number of ether oxygens (including phenoxy) is 2. The van der Waals surface area contributed by atoms with Gasteiger partial charge in [-0.3, -0.25) is 9.88 Å². The van der Waals surface area contributed by atoms with Gasteiger partial charge in [0, 0.05) is 29.9 Å². The molecular weight excluding hydrogens is 419 g/mol. The first-order chi connectivity index (χ1) is 16.2. The first kappa shape index (κ1) is 22.9. The summed E-state index contributed by atoms with van der Waals surface area (Å²) in [5.41, 5.74) is 2.47. The fourth-order valence-corrected chi connectivity index (χ4v) is 4.76. The zero-order chi connectivity index (χ0) is 23.2. The predicted octanol–water partition coefficient (Wildman–Crippen LogP) is 5.59. The Labute approximate surface area is 194 Å². The van der Waals surface area contributed by atoms with Gasteiger partial charge in [0.15, 0.2) is 0 Å². The molecule has 2 heterocycles. The topological polar surface area (TPSA) is 51.7 Å². The normalized spacial score (nSPS) is 19.0. The van der Waals surface area contributed by atoms with E-state index in [1.807, 2.05) is 36.4 Å². The van der Waals surface area contributed by atoms with Crippen molar-refractivity contribution in [3.8, 4) is 22.8 Å². The molecule has 0 bridgehead atoms. The lowest BCUT2D eigenvalue weighted by molar-refractivity contribution is -0.113. The van der Waals surface area contributed by atoms with Crippen LogP contribution in [-0.2, 0) is 11.3 Å². The van der Waals surface area contributed by atoms with Gasteiger partial charge in [-0.05, 0) is 43.2 Å². The third kappa shape index (κ3) is 4.76. The summed E-state index contributed by atoms with van der Waals surface area (Å²) in [6.07, 6.45) is 6.10. The van der Waals surface area contributed by atoms with Crippen molar-refractivity contribution in [3.63, 3.8) is 0 Å². The number of aldehydes is 1. The van der Waals surface area contributed by atoms with Gasteiger partial charge >= 0.3 is 0 Å². The molecule has 1 aliphatic heterocycles. The lowest BCUT2D eigenvalue weighted by atomic mass is 9.97. The molecule has 0 spiro atoms. The highest BCUT2D eigenvalue weighted by Crippen LogP contribution is 2.43. The maximum Gasteiger partial charge on any atom is 0.137 e. The van der Waals surface area contributed by atoms with Crippen molar-refractivity contribution >= 4 is 6.29 Å². The van der Waals surface area contributed by atoms with E-state index in [1.165, 1.54) is 0 Å². The lowest BCUT2D eigenvalue weighted by Gasteiger charge is -2.35. The SMILES string of the molecule is COc1cccc(OC)c1C1CCCCC(C=O)N1Cc1cccc(-c2ccccn2)c1F. The molecule has 4 rings (SSSR count). The molecule has 0 radical (unpaired) electrons. The van der Waals surface area contributed by atoms with Crippen LogP contribution < -0.4 is 9.47 Å². The molecular formula is C27H29FN2O3. The second-order valence-corrected chi connectivity index (χ2v) is 8.25. The Morgan fingerprint density at radius 2 is 1.73 bits per heavy atom. The average Bonchev–Trinajstić information content (AvgIpc) is 3.07. The minimum Gasteiger partial charge on any atom is -0.496 e. The van der Waals surface area contributed by atoms with E-state index in [9.17, 15) is 4.79 Å². The van der Waals surface area contributed by atoms with Crippen LogP contribution in [0.1, 0.15) is 42.9 Å². The number of hydrogen-bond acceptors (Lipinski definition) is 5. The molecule has 5 nitrogen and oxygen atoms in total. The van der Waals surface area contributed by atoms with Crippen molar-refractivity contribution in [2.24, 2.45) is 0 Å². The van der Waals surface area contributed by atoms with Gasteiger partial charge < -0.3 is 14.3 Å². The van der Waals surface area contributed by atoms with E-state index in [0.717, 1.165) is 37.5 Å². The standard InChI is InChI=1S/C27H29FN2O3/c1-32-24-14-8-15-25(33-2)26(24)23-13-4-3-10-20(18-31)30(23)17-19-9-7-11-21(27(19)28)22-12-5-6-16-29-22/h5-9,11-12,14-16,18,20,23H,3-4,10,13,17H2,1-2H3. The molecule has 2 atom stereocenters. The third-order valence-electron chi connectivity index (χ3n) is 6.38. The van der Waals surface area contributed by atoms with Gasteiger partial charge in [0.05, 0.1) is 31.5 Å². The van der Waals surface area contributed by atoms with Crippen LogP contribution >= 0.6 is 0 Å². The first-order valence-corrected chi connectivity index (χ1v) is 11.3. The highest BCUT2D eigenvalue weighted by Gasteiger charge is 2.34. The van der Waals surface area contributed by atoms with Crippen molar-refractivity contribution in [2.75, 3.05) is 14.2 Å². The Hall–Kier alpha value is -3.25. The maximum atomic E-state index is 15.7. The van der Waals surface area contributed by atoms with Crippen LogP contribution in [0.15, 0.2) is 60.8 Å². The quantitative estimate of drug-likeness (QED) is 0.441. The Morgan fingerprint density at radius 3 is 2.39 bits per heavy atom. The minimum atomic E-state index is -0.329. The van der Waals surface area contributed by atoms with E-state index in [2.05, 4.69) is 9.88 Å². The van der Waals surface area contributed by atoms with E-state index in [4.69, 9.17) is 9.47 Å². The molecule has 3 aromatic rings. The van der Waals surface area contributed by atoms with Gasteiger partial charge in [-0.2, -0.15) is 0 Å². The van der Waals surface area contributed by atoms with E-state index < -0.39 is 0 Å². The van der Waals surface area contributed by atoms with Crippen molar-refractivity contribution in [1.29, 1.82) is 0 Å². The molecule has 6 heteroatoms. The predicted molar refractivity (Wildman–Crippen MR) is 126 cm³/mol. The van der Waals surface area contributed by atoms with E-state index >= 15 is 4.39 Å². The van der Waals surface area contributed by atoms with Gasteiger partial charge in [-0.15, -0.1) is 0 Å². The van der Waals surface area contributed by atoms with Gasteiger partial charge in [0.25, 0.3) is 0 Å². The molecule has 2 aromatic carbocycles. The van der Waals surface area contributed by atoms with E-state index in [0.29, 0.717) is 34.9 Å². The van der Waals surface area contributed by atoms with Crippen molar-refractivity contribution < 1.29 is 18.7 Å². The number of hydrogen-bond donors (Lipinski definition) is 0. The number of aromatic nitrogens is 1. The largest absolute Gasteiger partial charge is 0.496 e. The van der Waals surface area contributed by atoms with Gasteiger partial charge in [0.1, 0.15) is 23.6 Å². The summed E-state index contributed by atoms with van der Waals surface area (Å²) in [5.74, 6) is 1.10. The zero-order valence-electron chi connectivity index (χ0n) is 19.0. The summed E-state index contributed by atoms with van der Waals surface area (Å²) >= 11 is 0. The fraction of sp³-hybridized carbons (Fsp3) is 0.333. The molecule has 2 unspecified atom stereocenters. The number of carbonyl (C=O) groups excluding carboxylic acids is 1. The van der Waals surface area contributed by atoms with Crippen molar-refractivity contribution in [1.82, 2.24) is 9.88 Å². The van der Waals surface area contributed by atoms with Crippen molar-refractivity contribution in [3.05, 3.63) is 77.7 Å². The van der Waals surface area contributed by atoms with Crippen LogP contribution in [-0.4, -0.2) is 36.4 Å².